The second-order valence-corrected chi connectivity index (χ2v) is 6.61. The van der Waals surface area contributed by atoms with Crippen LogP contribution >= 0.6 is 23.6 Å². The van der Waals surface area contributed by atoms with E-state index < -0.39 is 5.82 Å². The number of esters is 1. The summed E-state index contributed by atoms with van der Waals surface area (Å²) in [7, 11) is 0. The smallest absolute Gasteiger partial charge is 0.341 e. The van der Waals surface area contributed by atoms with Crippen molar-refractivity contribution in [3.63, 3.8) is 0 Å². The first kappa shape index (κ1) is 18.4. The van der Waals surface area contributed by atoms with Gasteiger partial charge in [0.1, 0.15) is 10.8 Å². The molecule has 1 aromatic heterocycles. The third kappa shape index (κ3) is 4.10. The molecule has 2 rings (SSSR count). The molecule has 0 aliphatic rings. The van der Waals surface area contributed by atoms with E-state index in [1.165, 1.54) is 17.4 Å². The van der Waals surface area contributed by atoms with Crippen LogP contribution in [-0.4, -0.2) is 17.7 Å². The molecule has 0 spiro atoms. The van der Waals surface area contributed by atoms with Crippen molar-refractivity contribution >= 4 is 45.3 Å². The number of nitrogens with one attached hydrogen (secondary N) is 2. The zero-order valence-corrected chi connectivity index (χ0v) is 15.4. The second kappa shape index (κ2) is 8.21. The Morgan fingerprint density at radius 3 is 2.62 bits per heavy atom. The van der Waals surface area contributed by atoms with Gasteiger partial charge < -0.3 is 15.4 Å². The lowest BCUT2D eigenvalue weighted by Crippen LogP contribution is -2.21. The molecule has 0 unspecified atom stereocenters. The monoisotopic (exact) mass is 366 g/mol. The minimum atomic E-state index is -0.399. The van der Waals surface area contributed by atoms with E-state index in [0.717, 1.165) is 10.4 Å². The van der Waals surface area contributed by atoms with Crippen molar-refractivity contribution in [2.45, 2.75) is 27.2 Å². The highest BCUT2D eigenvalue weighted by atomic mass is 32.1. The van der Waals surface area contributed by atoms with E-state index in [4.69, 9.17) is 17.0 Å². The summed E-state index contributed by atoms with van der Waals surface area (Å²) in [5.41, 5.74) is 1.71. The molecule has 1 heterocycles. The van der Waals surface area contributed by atoms with Gasteiger partial charge in [0.25, 0.3) is 0 Å². The fourth-order valence-corrected chi connectivity index (χ4v) is 3.75. The molecule has 7 heteroatoms. The Morgan fingerprint density at radius 2 is 2.00 bits per heavy atom. The molecular weight excluding hydrogens is 347 g/mol. The zero-order valence-electron chi connectivity index (χ0n) is 13.7. The molecule has 0 aliphatic heterocycles. The minimum absolute atomic E-state index is 0.217. The van der Waals surface area contributed by atoms with Crippen molar-refractivity contribution in [2.75, 3.05) is 17.2 Å². The van der Waals surface area contributed by atoms with E-state index in [2.05, 4.69) is 10.6 Å². The quantitative estimate of drug-likeness (QED) is 0.591. The summed E-state index contributed by atoms with van der Waals surface area (Å²) in [6, 6.07) is 6.25. The van der Waals surface area contributed by atoms with Gasteiger partial charge in [-0.1, -0.05) is 19.1 Å². The highest BCUT2D eigenvalue weighted by molar-refractivity contribution is 7.80. The summed E-state index contributed by atoms with van der Waals surface area (Å²) in [5.74, 6) is -0.779. The Kier molecular flexibility index (Phi) is 6.28. The predicted octanol–water partition coefficient (Wildman–Crippen LogP) is 4.74. The Bertz CT molecular complexity index is 759. The molecule has 0 amide bonds. The van der Waals surface area contributed by atoms with Crippen molar-refractivity contribution < 1.29 is 13.9 Å². The first-order valence-electron chi connectivity index (χ1n) is 7.59. The molecule has 0 saturated heterocycles. The Morgan fingerprint density at radius 1 is 1.29 bits per heavy atom. The molecule has 0 bridgehead atoms. The van der Waals surface area contributed by atoms with Crippen LogP contribution in [0.3, 0.4) is 0 Å². The van der Waals surface area contributed by atoms with Gasteiger partial charge in [0.05, 0.1) is 17.9 Å². The average molecular weight is 366 g/mol. The summed E-state index contributed by atoms with van der Waals surface area (Å²) in [4.78, 5) is 13.3. The molecule has 1 aromatic carbocycles. The SMILES string of the molecule is CCOC(=O)c1c(NC(=S)Nc2ccccc2F)sc(C)c1CC. The largest absolute Gasteiger partial charge is 0.462 e. The fraction of sp³-hybridized carbons (Fsp3) is 0.294. The van der Waals surface area contributed by atoms with Gasteiger partial charge in [-0.05, 0) is 50.2 Å². The van der Waals surface area contributed by atoms with Crippen LogP contribution in [0.4, 0.5) is 15.1 Å². The lowest BCUT2D eigenvalue weighted by molar-refractivity contribution is 0.0527. The van der Waals surface area contributed by atoms with Gasteiger partial charge in [-0.25, -0.2) is 9.18 Å². The van der Waals surface area contributed by atoms with Crippen LogP contribution in [0.15, 0.2) is 24.3 Å². The maximum absolute atomic E-state index is 13.7. The molecule has 24 heavy (non-hydrogen) atoms. The third-order valence-corrected chi connectivity index (χ3v) is 4.66. The van der Waals surface area contributed by atoms with Crippen molar-refractivity contribution in [1.29, 1.82) is 0 Å². The number of thiocarbonyl (C=S) groups is 1. The standard InChI is InChI=1S/C17H19FN2O2S2/c1-4-11-10(3)24-15(14(11)16(21)22-5-2)20-17(23)19-13-9-7-6-8-12(13)18/h6-9H,4-5H2,1-3H3,(H2,19,20,23). The number of hydrogen-bond donors (Lipinski definition) is 2. The fourth-order valence-electron chi connectivity index (χ4n) is 2.33. The second-order valence-electron chi connectivity index (χ2n) is 4.97. The van der Waals surface area contributed by atoms with Gasteiger partial charge >= 0.3 is 5.97 Å². The van der Waals surface area contributed by atoms with Crippen LogP contribution in [0, 0.1) is 12.7 Å². The van der Waals surface area contributed by atoms with E-state index >= 15 is 0 Å². The van der Waals surface area contributed by atoms with E-state index in [9.17, 15) is 9.18 Å². The van der Waals surface area contributed by atoms with Crippen LogP contribution in [-0.2, 0) is 11.2 Å². The number of rotatable bonds is 5. The third-order valence-electron chi connectivity index (χ3n) is 3.39. The summed E-state index contributed by atoms with van der Waals surface area (Å²) < 4.78 is 18.8. The first-order chi connectivity index (χ1) is 11.5. The topological polar surface area (TPSA) is 50.4 Å². The number of ether oxygens (including phenoxy) is 1. The van der Waals surface area contributed by atoms with Crippen LogP contribution in [0.5, 0.6) is 0 Å². The van der Waals surface area contributed by atoms with Crippen LogP contribution in [0.2, 0.25) is 0 Å². The Hall–Kier alpha value is -1.99. The zero-order chi connectivity index (χ0) is 17.7. The molecule has 0 atom stereocenters. The Balaban J connectivity index is 2.24. The molecule has 2 N–H and O–H groups in total. The van der Waals surface area contributed by atoms with Gasteiger partial charge in [0.2, 0.25) is 0 Å². The number of halogens is 1. The van der Waals surface area contributed by atoms with Gasteiger partial charge in [-0.3, -0.25) is 0 Å². The van der Waals surface area contributed by atoms with Gasteiger partial charge in [-0.2, -0.15) is 0 Å². The lowest BCUT2D eigenvalue weighted by atomic mass is 10.1. The summed E-state index contributed by atoms with van der Waals surface area (Å²) in [5, 5.41) is 6.62. The summed E-state index contributed by atoms with van der Waals surface area (Å²) in [6.45, 7) is 6.00. The first-order valence-corrected chi connectivity index (χ1v) is 8.82. The van der Waals surface area contributed by atoms with E-state index in [1.54, 1.807) is 25.1 Å². The minimum Gasteiger partial charge on any atom is -0.462 e. The van der Waals surface area contributed by atoms with Crippen molar-refractivity contribution in [2.24, 2.45) is 0 Å². The number of anilines is 2. The maximum atomic E-state index is 13.7. The van der Waals surface area contributed by atoms with E-state index in [1.807, 2.05) is 13.8 Å². The number of carbonyl (C=O) groups excluding carboxylic acids is 1. The molecule has 2 aromatic rings. The molecule has 128 valence electrons. The van der Waals surface area contributed by atoms with E-state index in [0.29, 0.717) is 23.6 Å². The number of thiophene rings is 1. The highest BCUT2D eigenvalue weighted by Crippen LogP contribution is 2.34. The van der Waals surface area contributed by atoms with Crippen molar-refractivity contribution in [1.82, 2.24) is 0 Å². The van der Waals surface area contributed by atoms with E-state index in [-0.39, 0.29) is 16.8 Å². The lowest BCUT2D eigenvalue weighted by Gasteiger charge is -2.12. The molecular formula is C17H19FN2O2S2. The van der Waals surface area contributed by atoms with Gasteiger partial charge in [-0.15, -0.1) is 11.3 Å². The Labute approximate surface area is 150 Å². The molecule has 4 nitrogen and oxygen atoms in total. The van der Waals surface area contributed by atoms with Gasteiger partial charge in [0, 0.05) is 4.88 Å². The molecule has 0 saturated carbocycles. The maximum Gasteiger partial charge on any atom is 0.341 e. The summed E-state index contributed by atoms with van der Waals surface area (Å²) >= 11 is 6.67. The average Bonchev–Trinajstić information content (AvgIpc) is 2.85. The molecule has 0 aliphatic carbocycles. The number of benzene rings is 1. The van der Waals surface area contributed by atoms with Crippen molar-refractivity contribution in [3.05, 3.63) is 46.1 Å². The van der Waals surface area contributed by atoms with Crippen molar-refractivity contribution in [3.8, 4) is 0 Å². The predicted molar refractivity (Wildman–Crippen MR) is 101 cm³/mol. The number of para-hydroxylation sites is 1. The van der Waals surface area contributed by atoms with Crippen LogP contribution < -0.4 is 10.6 Å². The molecule has 0 fully saturated rings. The normalized spacial score (nSPS) is 10.3. The number of aryl methyl sites for hydroxylation is 1. The highest BCUT2D eigenvalue weighted by Gasteiger charge is 2.22. The van der Waals surface area contributed by atoms with Crippen LogP contribution in [0.25, 0.3) is 0 Å². The number of hydrogen-bond acceptors (Lipinski definition) is 4. The summed E-state index contributed by atoms with van der Waals surface area (Å²) in [6.07, 6.45) is 0.714. The van der Waals surface area contributed by atoms with Gasteiger partial charge in [0.15, 0.2) is 5.11 Å². The number of carbonyl (C=O) groups is 1. The molecule has 0 radical (unpaired) electrons. The van der Waals surface area contributed by atoms with Crippen LogP contribution in [0.1, 0.15) is 34.6 Å².